The summed E-state index contributed by atoms with van der Waals surface area (Å²) < 4.78 is 6.90. The third-order valence-electron chi connectivity index (χ3n) is 4.95. The first-order chi connectivity index (χ1) is 12.1. The summed E-state index contributed by atoms with van der Waals surface area (Å²) in [4.78, 5) is 0. The van der Waals surface area contributed by atoms with Crippen molar-refractivity contribution in [2.75, 3.05) is 0 Å². The van der Waals surface area contributed by atoms with Crippen molar-refractivity contribution >= 4 is 11.0 Å². The maximum absolute atomic E-state index is 2.35. The molecule has 0 fully saturated rings. The fraction of sp³-hybridized carbons (Fsp3) is 0.182. The SMILES string of the molecule is Cc1cc(C)[n+](C)c(-c2n(-c3ccccc3)c3ccccc3[n+]2C)c1. The van der Waals surface area contributed by atoms with Crippen LogP contribution in [0, 0.1) is 13.8 Å². The molecule has 0 aliphatic carbocycles. The first-order valence-electron chi connectivity index (χ1n) is 8.60. The Morgan fingerprint density at radius 3 is 2.20 bits per heavy atom. The van der Waals surface area contributed by atoms with Gasteiger partial charge in [0.05, 0.1) is 7.05 Å². The topological polar surface area (TPSA) is 12.7 Å². The van der Waals surface area contributed by atoms with Crippen LogP contribution in [-0.4, -0.2) is 4.57 Å². The highest BCUT2D eigenvalue weighted by molar-refractivity contribution is 5.78. The average Bonchev–Trinajstić information content (AvgIpc) is 2.92. The lowest BCUT2D eigenvalue weighted by atomic mass is 10.2. The van der Waals surface area contributed by atoms with E-state index in [4.69, 9.17) is 0 Å². The molecule has 0 bridgehead atoms. The van der Waals surface area contributed by atoms with Crippen molar-refractivity contribution in [2.24, 2.45) is 14.1 Å². The predicted molar refractivity (Wildman–Crippen MR) is 101 cm³/mol. The molecule has 2 aromatic heterocycles. The van der Waals surface area contributed by atoms with Crippen LogP contribution in [0.5, 0.6) is 0 Å². The Kier molecular flexibility index (Phi) is 3.65. The highest BCUT2D eigenvalue weighted by Gasteiger charge is 2.31. The molecule has 3 nitrogen and oxygen atoms in total. The monoisotopic (exact) mass is 329 g/mol. The van der Waals surface area contributed by atoms with E-state index in [1.807, 2.05) is 0 Å². The van der Waals surface area contributed by atoms with Crippen LogP contribution in [0.3, 0.4) is 0 Å². The lowest BCUT2D eigenvalue weighted by Crippen LogP contribution is -2.40. The minimum Gasteiger partial charge on any atom is -0.220 e. The lowest BCUT2D eigenvalue weighted by molar-refractivity contribution is -0.684. The van der Waals surface area contributed by atoms with E-state index in [1.54, 1.807) is 0 Å². The van der Waals surface area contributed by atoms with Gasteiger partial charge in [-0.25, -0.2) is 4.57 Å². The molecule has 2 heterocycles. The maximum atomic E-state index is 2.35. The number of imidazole rings is 1. The molecule has 0 unspecified atom stereocenters. The van der Waals surface area contributed by atoms with Gasteiger partial charge in [0, 0.05) is 19.1 Å². The molecule has 0 aliphatic heterocycles. The summed E-state index contributed by atoms with van der Waals surface area (Å²) in [5.41, 5.74) is 7.34. The molecule has 0 atom stereocenters. The van der Waals surface area contributed by atoms with Gasteiger partial charge in [-0.15, -0.1) is 0 Å². The smallest absolute Gasteiger partial charge is 0.220 e. The average molecular weight is 329 g/mol. The number of hydrogen-bond acceptors (Lipinski definition) is 0. The molecule has 3 heteroatoms. The molecular weight excluding hydrogens is 306 g/mol. The van der Waals surface area contributed by atoms with Gasteiger partial charge in [-0.3, -0.25) is 0 Å². The Morgan fingerprint density at radius 2 is 1.44 bits per heavy atom. The number of fused-ring (bicyclic) bond motifs is 1. The lowest BCUT2D eigenvalue weighted by Gasteiger charge is -2.05. The van der Waals surface area contributed by atoms with Gasteiger partial charge in [0.15, 0.2) is 16.7 Å². The molecule has 4 rings (SSSR count). The fourth-order valence-electron chi connectivity index (χ4n) is 3.62. The highest BCUT2D eigenvalue weighted by Crippen LogP contribution is 2.25. The first-order valence-corrected chi connectivity index (χ1v) is 8.60. The fourth-order valence-corrected chi connectivity index (χ4v) is 3.62. The van der Waals surface area contributed by atoms with E-state index < -0.39 is 0 Å². The second-order valence-corrected chi connectivity index (χ2v) is 6.66. The normalized spacial score (nSPS) is 11.2. The van der Waals surface area contributed by atoms with E-state index in [0.29, 0.717) is 0 Å². The Bertz CT molecular complexity index is 1080. The third kappa shape index (κ3) is 2.43. The van der Waals surface area contributed by atoms with Crippen LogP contribution in [0.4, 0.5) is 0 Å². The molecule has 0 amide bonds. The summed E-state index contributed by atoms with van der Waals surface area (Å²) in [6.45, 7) is 4.32. The van der Waals surface area contributed by atoms with Crippen molar-refractivity contribution in [2.45, 2.75) is 13.8 Å². The number of para-hydroxylation sites is 3. The zero-order chi connectivity index (χ0) is 17.6. The Morgan fingerprint density at radius 1 is 0.760 bits per heavy atom. The number of hydrogen-bond donors (Lipinski definition) is 0. The summed E-state index contributed by atoms with van der Waals surface area (Å²) in [5, 5.41) is 0. The zero-order valence-corrected chi connectivity index (χ0v) is 15.2. The number of aryl methyl sites for hydroxylation is 3. The number of aromatic nitrogens is 3. The maximum Gasteiger partial charge on any atom is 0.360 e. The molecule has 0 saturated heterocycles. The van der Waals surface area contributed by atoms with Gasteiger partial charge in [-0.1, -0.05) is 30.3 Å². The molecular formula is C22H23N3+2. The minimum atomic E-state index is 1.17. The number of benzene rings is 2. The third-order valence-corrected chi connectivity index (χ3v) is 4.95. The Labute approximate surface area is 148 Å². The summed E-state index contributed by atoms with van der Waals surface area (Å²) in [7, 11) is 4.28. The number of rotatable bonds is 2. The largest absolute Gasteiger partial charge is 0.360 e. The molecule has 4 aromatic rings. The molecule has 2 aromatic carbocycles. The predicted octanol–water partition coefficient (Wildman–Crippen LogP) is 3.56. The molecule has 0 saturated carbocycles. The van der Waals surface area contributed by atoms with E-state index in [1.165, 1.54) is 39.5 Å². The van der Waals surface area contributed by atoms with Crippen molar-refractivity contribution in [3.05, 3.63) is 78.0 Å². The molecule has 0 N–H and O–H groups in total. The van der Waals surface area contributed by atoms with Crippen LogP contribution in [-0.2, 0) is 14.1 Å². The van der Waals surface area contributed by atoms with Crippen molar-refractivity contribution < 1.29 is 9.13 Å². The molecule has 0 aliphatic rings. The van der Waals surface area contributed by atoms with Gasteiger partial charge in [0.1, 0.15) is 12.7 Å². The Balaban J connectivity index is 2.17. The second-order valence-electron chi connectivity index (χ2n) is 6.66. The highest BCUT2D eigenvalue weighted by atomic mass is 15.2. The molecule has 0 radical (unpaired) electrons. The molecule has 124 valence electrons. The summed E-state index contributed by atoms with van der Waals surface area (Å²) >= 11 is 0. The van der Waals surface area contributed by atoms with Crippen LogP contribution < -0.4 is 9.13 Å². The zero-order valence-electron chi connectivity index (χ0n) is 15.2. The Hall–Kier alpha value is -2.94. The number of pyridine rings is 1. The van der Waals surface area contributed by atoms with E-state index in [0.717, 1.165) is 0 Å². The van der Waals surface area contributed by atoms with Crippen LogP contribution in [0.1, 0.15) is 11.3 Å². The van der Waals surface area contributed by atoms with E-state index in [2.05, 4.69) is 108 Å². The van der Waals surface area contributed by atoms with E-state index >= 15 is 0 Å². The van der Waals surface area contributed by atoms with Crippen molar-refractivity contribution in [3.63, 3.8) is 0 Å². The van der Waals surface area contributed by atoms with Gasteiger partial charge >= 0.3 is 5.82 Å². The van der Waals surface area contributed by atoms with Crippen molar-refractivity contribution in [3.8, 4) is 17.2 Å². The standard InChI is InChI=1S/C22H23N3/c1-16-14-17(2)23(3)21(15-16)22-24(4)19-12-8-9-13-20(19)25(22)18-10-6-5-7-11-18/h5-15H,1-4H3/q+2. The molecule has 0 spiro atoms. The summed E-state index contributed by atoms with van der Waals surface area (Å²) in [5.74, 6) is 1.18. The first kappa shape index (κ1) is 15.6. The molecule has 25 heavy (non-hydrogen) atoms. The van der Waals surface area contributed by atoms with Crippen molar-refractivity contribution in [1.82, 2.24) is 4.57 Å². The van der Waals surface area contributed by atoms with Crippen molar-refractivity contribution in [1.29, 1.82) is 0 Å². The van der Waals surface area contributed by atoms with E-state index in [-0.39, 0.29) is 0 Å². The van der Waals surface area contributed by atoms with Gasteiger partial charge in [0.2, 0.25) is 0 Å². The van der Waals surface area contributed by atoms with E-state index in [9.17, 15) is 0 Å². The summed E-state index contributed by atoms with van der Waals surface area (Å²) in [6, 6.07) is 23.6. The minimum absolute atomic E-state index is 1.17. The van der Waals surface area contributed by atoms with Crippen LogP contribution in [0.15, 0.2) is 66.7 Å². The van der Waals surface area contributed by atoms with Crippen LogP contribution in [0.25, 0.3) is 28.2 Å². The van der Waals surface area contributed by atoms with Crippen LogP contribution in [0.2, 0.25) is 0 Å². The van der Waals surface area contributed by atoms with Gasteiger partial charge in [-0.05, 0) is 36.8 Å². The van der Waals surface area contributed by atoms with Crippen LogP contribution >= 0.6 is 0 Å². The van der Waals surface area contributed by atoms with Gasteiger partial charge in [-0.2, -0.15) is 9.13 Å². The van der Waals surface area contributed by atoms with Gasteiger partial charge < -0.3 is 0 Å². The summed E-state index contributed by atoms with van der Waals surface area (Å²) in [6.07, 6.45) is 0. The van der Waals surface area contributed by atoms with Gasteiger partial charge in [0.25, 0.3) is 5.69 Å². The number of nitrogens with zero attached hydrogens (tertiary/aromatic N) is 3. The second kappa shape index (κ2) is 5.85. The quantitative estimate of drug-likeness (QED) is 0.499.